The minimum atomic E-state index is -2.46. The van der Waals surface area contributed by atoms with Crippen molar-refractivity contribution < 1.29 is 18.3 Å². The zero-order valence-corrected chi connectivity index (χ0v) is 11.8. The number of nitrogens with zero attached hydrogens (tertiary/aromatic N) is 1. The van der Waals surface area contributed by atoms with Crippen molar-refractivity contribution in [2.45, 2.75) is 44.6 Å². The number of ether oxygens (including phenoxy) is 1. The molecule has 0 aliphatic carbocycles. The molecule has 1 amide bonds. The Bertz CT molecular complexity index is 302. The van der Waals surface area contributed by atoms with Gasteiger partial charge in [0.25, 0.3) is 6.43 Å². The topological polar surface area (TPSA) is 41.6 Å². The highest BCUT2D eigenvalue weighted by molar-refractivity contribution is 5.76. The Labute approximate surface area is 118 Å². The number of nitrogens with one attached hydrogen (secondary N) is 1. The predicted octanol–water partition coefficient (Wildman–Crippen LogP) is 1.65. The van der Waals surface area contributed by atoms with Crippen molar-refractivity contribution in [2.75, 3.05) is 32.8 Å². The first kappa shape index (κ1) is 15.6. The molecule has 2 fully saturated rings. The van der Waals surface area contributed by atoms with E-state index in [1.165, 1.54) is 12.8 Å². The molecule has 1 unspecified atom stereocenters. The monoisotopic (exact) mass is 290 g/mol. The number of hydrogen-bond acceptors (Lipinski definition) is 3. The van der Waals surface area contributed by atoms with E-state index >= 15 is 0 Å². The maximum atomic E-state index is 11.9. The molecule has 1 atom stereocenters. The summed E-state index contributed by atoms with van der Waals surface area (Å²) >= 11 is 0. The zero-order valence-electron chi connectivity index (χ0n) is 11.8. The molecule has 2 saturated heterocycles. The third kappa shape index (κ3) is 4.66. The van der Waals surface area contributed by atoms with Crippen molar-refractivity contribution in [3.05, 3.63) is 0 Å². The molecule has 0 aromatic carbocycles. The molecule has 1 N–H and O–H groups in total. The van der Waals surface area contributed by atoms with Gasteiger partial charge in [0.1, 0.15) is 6.61 Å². The second-order valence-electron chi connectivity index (χ2n) is 5.64. The first-order valence-corrected chi connectivity index (χ1v) is 7.54. The largest absolute Gasteiger partial charge is 0.375 e. The number of likely N-dealkylation sites (tertiary alicyclic amines) is 1. The van der Waals surface area contributed by atoms with E-state index in [9.17, 15) is 13.6 Å². The summed E-state index contributed by atoms with van der Waals surface area (Å²) in [5.41, 5.74) is 0. The van der Waals surface area contributed by atoms with E-state index in [4.69, 9.17) is 4.74 Å². The fraction of sp³-hybridized carbons (Fsp3) is 0.929. The lowest BCUT2D eigenvalue weighted by atomic mass is 9.88. The van der Waals surface area contributed by atoms with Crippen LogP contribution >= 0.6 is 0 Å². The van der Waals surface area contributed by atoms with Gasteiger partial charge in [-0.1, -0.05) is 0 Å². The summed E-state index contributed by atoms with van der Waals surface area (Å²) in [7, 11) is 0. The van der Waals surface area contributed by atoms with Crippen LogP contribution in [0.2, 0.25) is 0 Å². The summed E-state index contributed by atoms with van der Waals surface area (Å²) in [6, 6.07) is 0.627. The number of halogens is 2. The highest BCUT2D eigenvalue weighted by atomic mass is 19.3. The van der Waals surface area contributed by atoms with Crippen LogP contribution in [0.25, 0.3) is 0 Å². The highest BCUT2D eigenvalue weighted by Gasteiger charge is 2.29. The van der Waals surface area contributed by atoms with E-state index < -0.39 is 13.0 Å². The average Bonchev–Trinajstić information content (AvgIpc) is 2.97. The second-order valence-corrected chi connectivity index (χ2v) is 5.64. The van der Waals surface area contributed by atoms with Crippen LogP contribution in [-0.4, -0.2) is 56.1 Å². The Kier molecular flexibility index (Phi) is 6.16. The van der Waals surface area contributed by atoms with Crippen molar-refractivity contribution in [3.63, 3.8) is 0 Å². The van der Waals surface area contributed by atoms with Crippen LogP contribution in [0.4, 0.5) is 8.78 Å². The Morgan fingerprint density at radius 2 is 2.05 bits per heavy atom. The van der Waals surface area contributed by atoms with Gasteiger partial charge in [-0.15, -0.1) is 0 Å². The number of amides is 1. The second kappa shape index (κ2) is 7.88. The molecule has 0 bridgehead atoms. The SMILES string of the molecule is O=C(CCOCC(F)F)N1CCC(C2CCCN2)CC1. The summed E-state index contributed by atoms with van der Waals surface area (Å²) in [6.07, 6.45) is 2.34. The number of piperidine rings is 1. The zero-order chi connectivity index (χ0) is 14.4. The number of carbonyl (C=O) groups is 1. The van der Waals surface area contributed by atoms with Crippen molar-refractivity contribution in [1.82, 2.24) is 10.2 Å². The minimum Gasteiger partial charge on any atom is -0.375 e. The Balaban J connectivity index is 1.61. The quantitative estimate of drug-likeness (QED) is 0.756. The third-order valence-corrected chi connectivity index (χ3v) is 4.26. The van der Waals surface area contributed by atoms with Gasteiger partial charge in [0, 0.05) is 19.1 Å². The summed E-state index contributed by atoms with van der Waals surface area (Å²) in [4.78, 5) is 13.8. The molecular formula is C14H24F2N2O2. The van der Waals surface area contributed by atoms with E-state index in [0.717, 1.165) is 32.5 Å². The van der Waals surface area contributed by atoms with Gasteiger partial charge in [0.15, 0.2) is 0 Å². The van der Waals surface area contributed by atoms with Gasteiger partial charge < -0.3 is 15.0 Å². The van der Waals surface area contributed by atoms with Crippen LogP contribution in [0, 0.1) is 5.92 Å². The molecule has 0 radical (unpaired) electrons. The van der Waals surface area contributed by atoms with Crippen LogP contribution in [0.3, 0.4) is 0 Å². The van der Waals surface area contributed by atoms with Crippen molar-refractivity contribution >= 4 is 5.91 Å². The first-order valence-electron chi connectivity index (χ1n) is 7.54. The fourth-order valence-corrected chi connectivity index (χ4v) is 3.16. The molecule has 0 spiro atoms. The van der Waals surface area contributed by atoms with E-state index in [1.54, 1.807) is 0 Å². The molecule has 2 aliphatic rings. The van der Waals surface area contributed by atoms with Gasteiger partial charge in [-0.3, -0.25) is 4.79 Å². The number of carbonyl (C=O) groups excluding carboxylic acids is 1. The van der Waals surface area contributed by atoms with Crippen molar-refractivity contribution in [3.8, 4) is 0 Å². The molecular weight excluding hydrogens is 266 g/mol. The van der Waals surface area contributed by atoms with Crippen LogP contribution in [0.1, 0.15) is 32.1 Å². The summed E-state index contributed by atoms with van der Waals surface area (Å²) < 4.78 is 28.5. The molecule has 0 aromatic heterocycles. The van der Waals surface area contributed by atoms with Gasteiger partial charge >= 0.3 is 0 Å². The molecule has 0 saturated carbocycles. The lowest BCUT2D eigenvalue weighted by molar-refractivity contribution is -0.134. The molecule has 6 heteroatoms. The lowest BCUT2D eigenvalue weighted by Gasteiger charge is -2.35. The summed E-state index contributed by atoms with van der Waals surface area (Å²) in [5, 5.41) is 3.53. The summed E-state index contributed by atoms with van der Waals surface area (Å²) in [5.74, 6) is 0.703. The third-order valence-electron chi connectivity index (χ3n) is 4.26. The molecule has 0 aromatic rings. The van der Waals surface area contributed by atoms with Gasteiger partial charge in [-0.2, -0.15) is 0 Å². The Morgan fingerprint density at radius 1 is 1.30 bits per heavy atom. The van der Waals surface area contributed by atoms with E-state index in [0.29, 0.717) is 12.0 Å². The predicted molar refractivity (Wildman–Crippen MR) is 71.8 cm³/mol. The fourth-order valence-electron chi connectivity index (χ4n) is 3.16. The molecule has 4 nitrogen and oxygen atoms in total. The average molecular weight is 290 g/mol. The summed E-state index contributed by atoms with van der Waals surface area (Å²) in [6.45, 7) is 2.20. The molecule has 2 heterocycles. The van der Waals surface area contributed by atoms with Crippen molar-refractivity contribution in [1.29, 1.82) is 0 Å². The smallest absolute Gasteiger partial charge is 0.261 e. The van der Waals surface area contributed by atoms with Gasteiger partial charge in [0.2, 0.25) is 5.91 Å². The Hall–Kier alpha value is -0.750. The van der Waals surface area contributed by atoms with Crippen molar-refractivity contribution in [2.24, 2.45) is 5.92 Å². The molecule has 20 heavy (non-hydrogen) atoms. The van der Waals surface area contributed by atoms with Gasteiger partial charge in [-0.05, 0) is 38.1 Å². The van der Waals surface area contributed by atoms with Gasteiger partial charge in [-0.25, -0.2) is 8.78 Å². The van der Waals surface area contributed by atoms with E-state index in [-0.39, 0.29) is 18.9 Å². The number of hydrogen-bond donors (Lipinski definition) is 1. The standard InChI is InChI=1S/C14H24F2N2O2/c15-13(16)10-20-9-5-14(19)18-7-3-11(4-8-18)12-2-1-6-17-12/h11-13,17H,1-10H2. The molecule has 2 aliphatic heterocycles. The first-order chi connectivity index (χ1) is 9.66. The Morgan fingerprint density at radius 3 is 2.65 bits per heavy atom. The van der Waals surface area contributed by atoms with E-state index in [2.05, 4.69) is 5.32 Å². The van der Waals surface area contributed by atoms with Crippen LogP contribution in [0.15, 0.2) is 0 Å². The maximum Gasteiger partial charge on any atom is 0.261 e. The lowest BCUT2D eigenvalue weighted by Crippen LogP contribution is -2.43. The van der Waals surface area contributed by atoms with Crippen LogP contribution in [-0.2, 0) is 9.53 Å². The molecule has 116 valence electrons. The van der Waals surface area contributed by atoms with Gasteiger partial charge in [0.05, 0.1) is 13.0 Å². The normalized spacial score (nSPS) is 24.6. The number of rotatable bonds is 6. The highest BCUT2D eigenvalue weighted by Crippen LogP contribution is 2.25. The number of alkyl halides is 2. The van der Waals surface area contributed by atoms with Crippen LogP contribution < -0.4 is 5.32 Å². The van der Waals surface area contributed by atoms with E-state index in [1.807, 2.05) is 4.90 Å². The molecule has 2 rings (SSSR count). The minimum absolute atomic E-state index is 0.0251. The van der Waals surface area contributed by atoms with Crippen LogP contribution in [0.5, 0.6) is 0 Å². The maximum absolute atomic E-state index is 11.9.